The van der Waals surface area contributed by atoms with Crippen LogP contribution in [-0.4, -0.2) is 0 Å². The molecule has 4 atom stereocenters. The van der Waals surface area contributed by atoms with E-state index in [1.54, 1.807) is 0 Å². The van der Waals surface area contributed by atoms with Gasteiger partial charge in [-0.2, -0.15) is 0 Å². The Labute approximate surface area is 70.4 Å². The van der Waals surface area contributed by atoms with Gasteiger partial charge in [-0.05, 0) is 23.7 Å². The highest BCUT2D eigenvalue weighted by Gasteiger charge is 2.40. The second-order valence-corrected chi connectivity index (χ2v) is 4.13. The van der Waals surface area contributed by atoms with Crippen molar-refractivity contribution in [1.82, 2.24) is 0 Å². The van der Waals surface area contributed by atoms with Crippen LogP contribution in [0.1, 0.15) is 27.7 Å². The van der Waals surface area contributed by atoms with Crippen LogP contribution in [0, 0.1) is 41.9 Å². The van der Waals surface area contributed by atoms with Gasteiger partial charge in [0, 0.05) is 5.92 Å². The van der Waals surface area contributed by atoms with Gasteiger partial charge in [0.05, 0.1) is 0 Å². The molecule has 1 rings (SSSR count). The lowest BCUT2D eigenvalue weighted by Crippen LogP contribution is -2.09. The van der Waals surface area contributed by atoms with Crippen molar-refractivity contribution in [1.29, 1.82) is 0 Å². The van der Waals surface area contributed by atoms with Crippen molar-refractivity contribution in [3.05, 3.63) is 0 Å². The van der Waals surface area contributed by atoms with Gasteiger partial charge >= 0.3 is 0 Å². The van der Waals surface area contributed by atoms with Crippen molar-refractivity contribution in [2.24, 2.45) is 29.6 Å². The molecule has 0 aromatic rings. The molecule has 0 aromatic heterocycles. The molecule has 0 N–H and O–H groups in total. The monoisotopic (exact) mass is 150 g/mol. The maximum absolute atomic E-state index is 5.49. The predicted octanol–water partition coefficient (Wildman–Crippen LogP) is 2.79. The molecule has 0 nitrogen and oxygen atoms in total. The van der Waals surface area contributed by atoms with Gasteiger partial charge in [0.25, 0.3) is 0 Å². The maximum Gasteiger partial charge on any atom is 0.0256 e. The molecule has 0 spiro atoms. The lowest BCUT2D eigenvalue weighted by molar-refractivity contribution is 0.352. The predicted molar refractivity (Wildman–Crippen MR) is 49.0 cm³/mol. The first-order valence-corrected chi connectivity index (χ1v) is 4.55. The van der Waals surface area contributed by atoms with E-state index < -0.39 is 0 Å². The van der Waals surface area contributed by atoms with Gasteiger partial charge < -0.3 is 0 Å². The zero-order chi connectivity index (χ0) is 8.59. The van der Waals surface area contributed by atoms with Gasteiger partial charge in [-0.1, -0.05) is 27.7 Å². The van der Waals surface area contributed by atoms with Crippen LogP contribution in [0.15, 0.2) is 0 Å². The minimum Gasteiger partial charge on any atom is -0.120 e. The van der Waals surface area contributed by atoms with Gasteiger partial charge in [0.2, 0.25) is 0 Å². The molecule has 0 saturated heterocycles. The summed E-state index contributed by atoms with van der Waals surface area (Å²) in [5.74, 6) is 6.46. The number of hydrogen-bond acceptors (Lipinski definition) is 0. The molecule has 62 valence electrons. The highest BCUT2D eigenvalue weighted by Crippen LogP contribution is 2.44. The van der Waals surface area contributed by atoms with E-state index in [0.29, 0.717) is 17.8 Å². The molecule has 0 heteroatoms. The Morgan fingerprint density at radius 2 is 1.18 bits per heavy atom. The first kappa shape index (κ1) is 8.65. The minimum absolute atomic E-state index is 0.514. The van der Waals surface area contributed by atoms with Gasteiger partial charge in [-0.3, -0.25) is 0 Å². The van der Waals surface area contributed by atoms with Gasteiger partial charge in [0.1, 0.15) is 0 Å². The van der Waals surface area contributed by atoms with Crippen molar-refractivity contribution in [2.45, 2.75) is 27.7 Å². The largest absolute Gasteiger partial charge is 0.120 e. The quantitative estimate of drug-likeness (QED) is 0.466. The molecule has 0 amide bonds. The first-order valence-electron chi connectivity index (χ1n) is 4.55. The maximum atomic E-state index is 5.49. The standard InChI is InChI=1S/C11H18/c1-6-11-9(4)7(2)8(3)10(11)5/h1,7-11H,2-5H3. The van der Waals surface area contributed by atoms with E-state index in [9.17, 15) is 0 Å². The van der Waals surface area contributed by atoms with Crippen LogP contribution in [0.3, 0.4) is 0 Å². The Kier molecular flexibility index (Phi) is 2.28. The van der Waals surface area contributed by atoms with Gasteiger partial charge in [-0.15, -0.1) is 12.3 Å². The third-order valence-corrected chi connectivity index (χ3v) is 3.81. The van der Waals surface area contributed by atoms with E-state index >= 15 is 0 Å². The highest BCUT2D eigenvalue weighted by atomic mass is 14.4. The van der Waals surface area contributed by atoms with Crippen molar-refractivity contribution in [2.75, 3.05) is 0 Å². The van der Waals surface area contributed by atoms with Crippen LogP contribution >= 0.6 is 0 Å². The van der Waals surface area contributed by atoms with Crippen molar-refractivity contribution >= 4 is 0 Å². The Hall–Kier alpha value is -0.440. The Balaban J connectivity index is 2.79. The summed E-state index contributed by atoms with van der Waals surface area (Å²) in [4.78, 5) is 0. The van der Waals surface area contributed by atoms with Crippen LogP contribution in [0.4, 0.5) is 0 Å². The average Bonchev–Trinajstić information content (AvgIpc) is 2.17. The van der Waals surface area contributed by atoms with Crippen LogP contribution in [0.5, 0.6) is 0 Å². The van der Waals surface area contributed by atoms with Crippen molar-refractivity contribution in [3.8, 4) is 12.3 Å². The third-order valence-electron chi connectivity index (χ3n) is 3.81. The van der Waals surface area contributed by atoms with E-state index in [4.69, 9.17) is 6.42 Å². The van der Waals surface area contributed by atoms with Gasteiger partial charge in [0.15, 0.2) is 0 Å². The second-order valence-electron chi connectivity index (χ2n) is 4.13. The molecule has 1 saturated carbocycles. The molecule has 1 aliphatic rings. The summed E-state index contributed by atoms with van der Waals surface area (Å²) < 4.78 is 0. The van der Waals surface area contributed by atoms with Crippen molar-refractivity contribution < 1.29 is 0 Å². The molecule has 0 bridgehead atoms. The normalized spacial score (nSPS) is 50.6. The summed E-state index contributed by atoms with van der Waals surface area (Å²) in [6.07, 6.45) is 5.49. The molecule has 1 fully saturated rings. The number of terminal acetylenes is 1. The minimum atomic E-state index is 0.514. The number of rotatable bonds is 0. The number of hydrogen-bond donors (Lipinski definition) is 0. The molecule has 1 aliphatic carbocycles. The third kappa shape index (κ3) is 1.18. The topological polar surface area (TPSA) is 0 Å². The molecule has 0 radical (unpaired) electrons. The highest BCUT2D eigenvalue weighted by molar-refractivity contribution is 5.04. The Bertz CT molecular complexity index is 161. The van der Waals surface area contributed by atoms with E-state index in [1.165, 1.54) is 0 Å². The van der Waals surface area contributed by atoms with E-state index in [0.717, 1.165) is 11.8 Å². The molecule has 4 unspecified atom stereocenters. The van der Waals surface area contributed by atoms with E-state index in [-0.39, 0.29) is 0 Å². The summed E-state index contributed by atoms with van der Waals surface area (Å²) in [6.45, 7) is 9.22. The second kappa shape index (κ2) is 2.89. The van der Waals surface area contributed by atoms with Gasteiger partial charge in [-0.25, -0.2) is 0 Å². The fraction of sp³-hybridized carbons (Fsp3) is 0.818. The Morgan fingerprint density at radius 3 is 1.36 bits per heavy atom. The first-order chi connectivity index (χ1) is 5.09. The molecule has 11 heavy (non-hydrogen) atoms. The summed E-state index contributed by atoms with van der Waals surface area (Å²) >= 11 is 0. The van der Waals surface area contributed by atoms with Crippen LogP contribution in [0.25, 0.3) is 0 Å². The van der Waals surface area contributed by atoms with E-state index in [2.05, 4.69) is 33.6 Å². The zero-order valence-electron chi connectivity index (χ0n) is 7.96. The summed E-state index contributed by atoms with van der Waals surface area (Å²) in [6, 6.07) is 0. The molecule has 0 heterocycles. The van der Waals surface area contributed by atoms with Crippen LogP contribution in [0.2, 0.25) is 0 Å². The average molecular weight is 150 g/mol. The van der Waals surface area contributed by atoms with Crippen molar-refractivity contribution in [3.63, 3.8) is 0 Å². The lowest BCUT2D eigenvalue weighted by Gasteiger charge is -2.13. The SMILES string of the molecule is C#CC1C(C)C(C)C(C)C1C. The Morgan fingerprint density at radius 1 is 0.818 bits per heavy atom. The molecular formula is C11H18. The van der Waals surface area contributed by atoms with Crippen LogP contribution < -0.4 is 0 Å². The van der Waals surface area contributed by atoms with Crippen LogP contribution in [-0.2, 0) is 0 Å². The molecule has 0 aromatic carbocycles. The fourth-order valence-electron chi connectivity index (χ4n) is 2.39. The summed E-state index contributed by atoms with van der Waals surface area (Å²) in [5, 5.41) is 0. The van der Waals surface area contributed by atoms with E-state index in [1.807, 2.05) is 0 Å². The smallest absolute Gasteiger partial charge is 0.0256 e. The fourth-order valence-corrected chi connectivity index (χ4v) is 2.39. The summed E-state index contributed by atoms with van der Waals surface area (Å²) in [7, 11) is 0. The zero-order valence-corrected chi connectivity index (χ0v) is 7.96. The lowest BCUT2D eigenvalue weighted by atomic mass is 9.90. The summed E-state index contributed by atoms with van der Waals surface area (Å²) in [5.41, 5.74) is 0. The molecular weight excluding hydrogens is 132 g/mol. The molecule has 0 aliphatic heterocycles.